The van der Waals surface area contributed by atoms with Crippen molar-refractivity contribution in [3.63, 3.8) is 0 Å². The van der Waals surface area contributed by atoms with E-state index in [9.17, 15) is 0 Å². The van der Waals surface area contributed by atoms with Crippen LogP contribution in [0.15, 0.2) is 0 Å². The maximum Gasteiger partial charge on any atom is 0.0321 e. The maximum atomic E-state index is 2.56. The lowest BCUT2D eigenvalue weighted by Crippen LogP contribution is -2.39. The molecule has 54 valence electrons. The van der Waals surface area contributed by atoms with Gasteiger partial charge in [0.05, 0.1) is 0 Å². The van der Waals surface area contributed by atoms with Gasteiger partial charge >= 0.3 is 0 Å². The normalized spacial score (nSPS) is 39.0. The van der Waals surface area contributed by atoms with E-state index in [1.165, 1.54) is 25.9 Å². The van der Waals surface area contributed by atoms with E-state index < -0.39 is 0 Å². The van der Waals surface area contributed by atoms with Gasteiger partial charge in [0.2, 0.25) is 0 Å². The Hall–Kier alpha value is 0.690. The number of piperidine rings is 1. The van der Waals surface area contributed by atoms with E-state index in [1.807, 2.05) is 0 Å². The molecule has 1 nitrogen and oxygen atoms in total. The molecule has 0 amide bonds. The first kappa shape index (κ1) is 7.79. The molecule has 1 fully saturated rings. The summed E-state index contributed by atoms with van der Waals surface area (Å²) in [7, 11) is 2.20. The van der Waals surface area contributed by atoms with Crippen molar-refractivity contribution >= 4 is 22.6 Å². The molecule has 0 aromatic heterocycles. The van der Waals surface area contributed by atoms with Crippen LogP contribution in [0, 0.1) is 0 Å². The molecule has 2 heteroatoms. The van der Waals surface area contributed by atoms with Crippen LogP contribution in [-0.4, -0.2) is 28.5 Å². The maximum absolute atomic E-state index is 2.56. The molecule has 0 aromatic carbocycles. The highest BCUT2D eigenvalue weighted by Gasteiger charge is 2.25. The van der Waals surface area contributed by atoms with Crippen LogP contribution < -0.4 is 0 Å². The highest BCUT2D eigenvalue weighted by atomic mass is 127. The predicted octanol–water partition coefficient (Wildman–Crippen LogP) is 1.91. The quantitative estimate of drug-likeness (QED) is 0.461. The monoisotopic (exact) mass is 239 g/mol. The molecule has 0 bridgehead atoms. The second kappa shape index (κ2) is 2.74. The van der Waals surface area contributed by atoms with Crippen LogP contribution in [0.3, 0.4) is 0 Å². The third-order valence-electron chi connectivity index (χ3n) is 1.84. The van der Waals surface area contributed by atoms with Gasteiger partial charge in [-0.15, -0.1) is 0 Å². The lowest BCUT2D eigenvalue weighted by atomic mass is 10.0. The van der Waals surface area contributed by atoms with Gasteiger partial charge in [0.25, 0.3) is 0 Å². The summed E-state index contributed by atoms with van der Waals surface area (Å²) in [6.45, 7) is 4.88. The molecule has 0 saturated carbocycles. The molecule has 1 heterocycles. The van der Waals surface area contributed by atoms with E-state index in [-0.39, 0.29) is 0 Å². The van der Waals surface area contributed by atoms with Gasteiger partial charge in [0.1, 0.15) is 0 Å². The van der Waals surface area contributed by atoms with Crippen LogP contribution in [0.1, 0.15) is 19.8 Å². The number of hydrogen-bond acceptors (Lipinski definition) is 1. The number of likely N-dealkylation sites (tertiary alicyclic amines) is 1. The molecule has 1 aliphatic heterocycles. The van der Waals surface area contributed by atoms with Crippen molar-refractivity contribution < 1.29 is 0 Å². The lowest BCUT2D eigenvalue weighted by Gasteiger charge is -2.34. The summed E-state index contributed by atoms with van der Waals surface area (Å²) in [4.78, 5) is 2.41. The smallest absolute Gasteiger partial charge is 0.0321 e. The summed E-state index contributed by atoms with van der Waals surface area (Å²) in [5.41, 5.74) is 0. The largest absolute Gasteiger partial charge is 0.305 e. The first-order chi connectivity index (χ1) is 4.10. The fourth-order valence-corrected chi connectivity index (χ4v) is 2.40. The molecule has 9 heavy (non-hydrogen) atoms. The predicted molar refractivity (Wildman–Crippen MR) is 49.2 cm³/mol. The third-order valence-corrected chi connectivity index (χ3v) is 2.72. The fourth-order valence-electron chi connectivity index (χ4n) is 1.44. The zero-order chi connectivity index (χ0) is 6.91. The molecule has 1 aliphatic rings. The Bertz CT molecular complexity index is 101. The van der Waals surface area contributed by atoms with E-state index in [0.717, 1.165) is 0 Å². The van der Waals surface area contributed by atoms with Crippen LogP contribution in [0.2, 0.25) is 0 Å². The second-order valence-electron chi connectivity index (χ2n) is 3.25. The molecule has 1 saturated heterocycles. The minimum atomic E-state index is 0.546. The fraction of sp³-hybridized carbons (Fsp3) is 1.00. The first-order valence-corrected chi connectivity index (χ1v) is 4.55. The van der Waals surface area contributed by atoms with Gasteiger partial charge in [0.15, 0.2) is 0 Å². The van der Waals surface area contributed by atoms with Crippen molar-refractivity contribution in [3.8, 4) is 0 Å². The lowest BCUT2D eigenvalue weighted by molar-refractivity contribution is 0.250. The topological polar surface area (TPSA) is 3.24 Å². The van der Waals surface area contributed by atoms with E-state index >= 15 is 0 Å². The number of rotatable bonds is 0. The summed E-state index contributed by atoms with van der Waals surface area (Å²) in [5, 5.41) is 0. The van der Waals surface area contributed by atoms with Crippen LogP contribution in [0.5, 0.6) is 0 Å². The number of alkyl halides is 1. The van der Waals surface area contributed by atoms with Gasteiger partial charge in [-0.3, -0.25) is 0 Å². The molecular formula is C7H14IN. The van der Waals surface area contributed by atoms with Crippen molar-refractivity contribution in [1.29, 1.82) is 0 Å². The number of halogens is 1. The number of nitrogens with zero attached hydrogens (tertiary/aromatic N) is 1. The molecule has 0 aliphatic carbocycles. The minimum absolute atomic E-state index is 0.546. The van der Waals surface area contributed by atoms with Gasteiger partial charge in [-0.25, -0.2) is 0 Å². The SMILES string of the molecule is CN1CCC[C@@](C)(I)C1. The van der Waals surface area contributed by atoms with Crippen LogP contribution in [-0.2, 0) is 0 Å². The van der Waals surface area contributed by atoms with E-state index in [2.05, 4.69) is 41.5 Å². The Morgan fingerprint density at radius 1 is 1.56 bits per heavy atom. The van der Waals surface area contributed by atoms with E-state index in [4.69, 9.17) is 0 Å². The van der Waals surface area contributed by atoms with Crippen LogP contribution >= 0.6 is 22.6 Å². The molecule has 0 unspecified atom stereocenters. The summed E-state index contributed by atoms with van der Waals surface area (Å²) in [6, 6.07) is 0. The van der Waals surface area contributed by atoms with Crippen molar-refractivity contribution in [2.24, 2.45) is 0 Å². The Labute approximate surface area is 70.9 Å². The molecule has 1 rings (SSSR count). The Balaban J connectivity index is 2.41. The van der Waals surface area contributed by atoms with Crippen molar-refractivity contribution in [2.75, 3.05) is 20.1 Å². The van der Waals surface area contributed by atoms with Gasteiger partial charge in [-0.05, 0) is 33.4 Å². The van der Waals surface area contributed by atoms with Crippen molar-refractivity contribution in [1.82, 2.24) is 4.90 Å². The van der Waals surface area contributed by atoms with Gasteiger partial charge in [-0.2, -0.15) is 0 Å². The molecular weight excluding hydrogens is 225 g/mol. The average Bonchev–Trinajstić information content (AvgIpc) is 1.60. The summed E-state index contributed by atoms with van der Waals surface area (Å²) >= 11 is 2.56. The number of hydrogen-bond donors (Lipinski definition) is 0. The Kier molecular flexibility index (Phi) is 2.37. The average molecular weight is 239 g/mol. The summed E-state index contributed by atoms with van der Waals surface area (Å²) in [5.74, 6) is 0. The summed E-state index contributed by atoms with van der Waals surface area (Å²) < 4.78 is 0.546. The highest BCUT2D eigenvalue weighted by Crippen LogP contribution is 2.28. The van der Waals surface area contributed by atoms with E-state index in [1.54, 1.807) is 0 Å². The van der Waals surface area contributed by atoms with Crippen LogP contribution in [0.4, 0.5) is 0 Å². The highest BCUT2D eigenvalue weighted by molar-refractivity contribution is 14.1. The van der Waals surface area contributed by atoms with Gasteiger partial charge < -0.3 is 4.90 Å². The first-order valence-electron chi connectivity index (χ1n) is 3.48. The zero-order valence-corrected chi connectivity index (χ0v) is 8.31. The zero-order valence-electron chi connectivity index (χ0n) is 6.15. The molecule has 0 spiro atoms. The third kappa shape index (κ3) is 2.42. The van der Waals surface area contributed by atoms with Crippen molar-refractivity contribution in [3.05, 3.63) is 0 Å². The molecule has 0 N–H and O–H groups in total. The van der Waals surface area contributed by atoms with Crippen molar-refractivity contribution in [2.45, 2.75) is 23.2 Å². The van der Waals surface area contributed by atoms with Crippen LogP contribution in [0.25, 0.3) is 0 Å². The minimum Gasteiger partial charge on any atom is -0.305 e. The summed E-state index contributed by atoms with van der Waals surface area (Å²) in [6.07, 6.45) is 2.76. The molecule has 0 radical (unpaired) electrons. The van der Waals surface area contributed by atoms with Gasteiger partial charge in [-0.1, -0.05) is 22.6 Å². The second-order valence-corrected chi connectivity index (χ2v) is 5.86. The van der Waals surface area contributed by atoms with Gasteiger partial charge in [0, 0.05) is 9.97 Å². The molecule has 0 aromatic rings. The van der Waals surface area contributed by atoms with E-state index in [0.29, 0.717) is 3.42 Å². The standard InChI is InChI=1S/C7H14IN/c1-7(8)4-3-5-9(2)6-7/h3-6H2,1-2H3/t7-/m1/s1. The Morgan fingerprint density at radius 2 is 2.22 bits per heavy atom. The molecule has 1 atom stereocenters. The Morgan fingerprint density at radius 3 is 2.56 bits per heavy atom.